The lowest BCUT2D eigenvalue weighted by atomic mass is 10.2. The third-order valence-corrected chi connectivity index (χ3v) is 3.17. The fourth-order valence-corrected chi connectivity index (χ4v) is 2.22. The van der Waals surface area contributed by atoms with Crippen LogP contribution in [0.15, 0.2) is 16.6 Å². The van der Waals surface area contributed by atoms with Crippen LogP contribution in [0.25, 0.3) is 0 Å². The normalized spacial score (nSPS) is 9.81. The maximum atomic E-state index is 11.4. The molecule has 0 radical (unpaired) electrons. The number of hydrogen-bond acceptors (Lipinski definition) is 5. The quantitative estimate of drug-likeness (QED) is 0.691. The molecule has 7 heteroatoms. The van der Waals surface area contributed by atoms with Gasteiger partial charge in [0.25, 0.3) is 5.91 Å². The number of carbonyl (C=O) groups excluding carboxylic acids is 1. The molecule has 0 atom stereocenters. The van der Waals surface area contributed by atoms with E-state index in [1.807, 2.05) is 25.1 Å². The Labute approximate surface area is 132 Å². The number of amides is 1. The fraction of sp³-hybridized carbons (Fsp3) is 0.429. The van der Waals surface area contributed by atoms with E-state index in [1.165, 1.54) is 0 Å². The maximum absolute atomic E-state index is 11.4. The Bertz CT molecular complexity index is 529. The summed E-state index contributed by atoms with van der Waals surface area (Å²) in [6.45, 7) is 3.40. The SMILES string of the molecule is CCNCc1cc(Br)c(OCC(=O)NCC#N)c(OC)c1. The van der Waals surface area contributed by atoms with Crippen molar-refractivity contribution in [2.45, 2.75) is 13.5 Å². The minimum Gasteiger partial charge on any atom is -0.493 e. The molecule has 0 saturated heterocycles. The highest BCUT2D eigenvalue weighted by Crippen LogP contribution is 2.36. The Balaban J connectivity index is 2.77. The van der Waals surface area contributed by atoms with Crippen LogP contribution in [0.3, 0.4) is 0 Å². The zero-order chi connectivity index (χ0) is 15.7. The van der Waals surface area contributed by atoms with E-state index >= 15 is 0 Å². The third kappa shape index (κ3) is 5.61. The summed E-state index contributed by atoms with van der Waals surface area (Å²) in [6.07, 6.45) is 0. The number of ether oxygens (including phenoxy) is 2. The summed E-state index contributed by atoms with van der Waals surface area (Å²) in [7, 11) is 1.54. The van der Waals surface area contributed by atoms with E-state index in [9.17, 15) is 4.79 Å². The lowest BCUT2D eigenvalue weighted by molar-refractivity contribution is -0.122. The van der Waals surface area contributed by atoms with Gasteiger partial charge in [0.2, 0.25) is 0 Å². The van der Waals surface area contributed by atoms with Crippen LogP contribution in [0.2, 0.25) is 0 Å². The molecule has 1 aromatic rings. The van der Waals surface area contributed by atoms with Gasteiger partial charge in [0.15, 0.2) is 18.1 Å². The zero-order valence-corrected chi connectivity index (χ0v) is 13.6. The van der Waals surface area contributed by atoms with Crippen LogP contribution in [-0.4, -0.2) is 32.7 Å². The monoisotopic (exact) mass is 355 g/mol. The number of carbonyl (C=O) groups is 1. The number of methoxy groups -OCH3 is 1. The molecule has 0 unspecified atom stereocenters. The second-order valence-corrected chi connectivity index (χ2v) is 4.97. The number of nitrogens with zero attached hydrogens (tertiary/aromatic N) is 1. The number of halogens is 1. The molecule has 0 aliphatic carbocycles. The van der Waals surface area contributed by atoms with E-state index in [-0.39, 0.29) is 19.1 Å². The molecule has 0 spiro atoms. The number of rotatable bonds is 8. The first-order valence-electron chi connectivity index (χ1n) is 6.46. The molecule has 114 valence electrons. The highest BCUT2D eigenvalue weighted by Gasteiger charge is 2.13. The van der Waals surface area contributed by atoms with Crippen LogP contribution >= 0.6 is 15.9 Å². The molecule has 0 aliphatic heterocycles. The standard InChI is InChI=1S/C14H18BrN3O3/c1-3-17-8-10-6-11(15)14(12(7-10)20-2)21-9-13(19)18-5-4-16/h6-7,17H,3,5,8-9H2,1-2H3,(H,18,19). The molecule has 1 amide bonds. The van der Waals surface area contributed by atoms with Gasteiger partial charge in [-0.3, -0.25) is 4.79 Å². The molecule has 1 aromatic carbocycles. The Morgan fingerprint density at radius 3 is 2.86 bits per heavy atom. The van der Waals surface area contributed by atoms with Crippen molar-refractivity contribution in [3.63, 3.8) is 0 Å². The average Bonchev–Trinajstić information content (AvgIpc) is 2.49. The van der Waals surface area contributed by atoms with Gasteiger partial charge in [-0.15, -0.1) is 0 Å². The van der Waals surface area contributed by atoms with Gasteiger partial charge in [-0.25, -0.2) is 0 Å². The summed E-state index contributed by atoms with van der Waals surface area (Å²) in [5.74, 6) is 0.650. The van der Waals surface area contributed by atoms with Gasteiger partial charge in [-0.2, -0.15) is 5.26 Å². The fourth-order valence-electron chi connectivity index (χ4n) is 1.61. The first kappa shape index (κ1) is 17.3. The van der Waals surface area contributed by atoms with Crippen LogP contribution in [0.4, 0.5) is 0 Å². The Kier molecular flexibility index (Phi) is 7.58. The third-order valence-electron chi connectivity index (χ3n) is 2.58. The molecule has 0 aromatic heterocycles. The van der Waals surface area contributed by atoms with Crippen molar-refractivity contribution < 1.29 is 14.3 Å². The Hall–Kier alpha value is -1.78. The molecule has 1 rings (SSSR count). The van der Waals surface area contributed by atoms with E-state index in [0.29, 0.717) is 22.5 Å². The van der Waals surface area contributed by atoms with Crippen molar-refractivity contribution >= 4 is 21.8 Å². The van der Waals surface area contributed by atoms with Crippen molar-refractivity contribution in [3.8, 4) is 17.6 Å². The van der Waals surface area contributed by atoms with Crippen LogP contribution in [-0.2, 0) is 11.3 Å². The lowest BCUT2D eigenvalue weighted by Gasteiger charge is -2.14. The zero-order valence-electron chi connectivity index (χ0n) is 12.0. The van der Waals surface area contributed by atoms with E-state index in [0.717, 1.165) is 12.1 Å². The smallest absolute Gasteiger partial charge is 0.258 e. The van der Waals surface area contributed by atoms with Gasteiger partial charge in [-0.1, -0.05) is 6.92 Å². The molecule has 2 N–H and O–H groups in total. The largest absolute Gasteiger partial charge is 0.493 e. The van der Waals surface area contributed by atoms with Gasteiger partial charge in [0.1, 0.15) is 6.54 Å². The van der Waals surface area contributed by atoms with Gasteiger partial charge in [0.05, 0.1) is 17.7 Å². The summed E-state index contributed by atoms with van der Waals surface area (Å²) in [5, 5.41) is 14.0. The molecular weight excluding hydrogens is 338 g/mol. The molecule has 6 nitrogen and oxygen atoms in total. The van der Waals surface area contributed by atoms with Gasteiger partial charge in [-0.05, 0) is 40.2 Å². The van der Waals surface area contributed by atoms with Gasteiger partial charge in [0, 0.05) is 6.54 Å². The number of nitrogens with one attached hydrogen (secondary N) is 2. The highest BCUT2D eigenvalue weighted by molar-refractivity contribution is 9.10. The summed E-state index contributed by atoms with van der Waals surface area (Å²) >= 11 is 3.42. The second kappa shape index (κ2) is 9.21. The van der Waals surface area contributed by atoms with Crippen LogP contribution in [0.5, 0.6) is 11.5 Å². The first-order chi connectivity index (χ1) is 10.1. The van der Waals surface area contributed by atoms with Crippen molar-refractivity contribution in [3.05, 3.63) is 22.2 Å². The topological polar surface area (TPSA) is 83.4 Å². The minimum absolute atomic E-state index is 0.0396. The predicted octanol–water partition coefficient (Wildman–Crippen LogP) is 1.59. The molecule has 0 saturated carbocycles. The van der Waals surface area contributed by atoms with E-state index in [4.69, 9.17) is 14.7 Å². The Morgan fingerprint density at radius 2 is 2.24 bits per heavy atom. The summed E-state index contributed by atoms with van der Waals surface area (Å²) in [6, 6.07) is 5.60. The summed E-state index contributed by atoms with van der Waals surface area (Å²) in [4.78, 5) is 11.4. The number of nitriles is 1. The molecule has 0 aliphatic rings. The van der Waals surface area contributed by atoms with Crippen LogP contribution in [0.1, 0.15) is 12.5 Å². The van der Waals surface area contributed by atoms with Crippen molar-refractivity contribution in [1.82, 2.24) is 10.6 Å². The van der Waals surface area contributed by atoms with Crippen LogP contribution < -0.4 is 20.1 Å². The molecule has 0 heterocycles. The molecular formula is C14H18BrN3O3. The van der Waals surface area contributed by atoms with E-state index in [2.05, 4.69) is 26.6 Å². The predicted molar refractivity (Wildman–Crippen MR) is 82.2 cm³/mol. The number of benzene rings is 1. The molecule has 0 bridgehead atoms. The van der Waals surface area contributed by atoms with Gasteiger partial charge >= 0.3 is 0 Å². The summed E-state index contributed by atoms with van der Waals surface area (Å²) < 4.78 is 11.5. The Morgan fingerprint density at radius 1 is 1.48 bits per heavy atom. The van der Waals surface area contributed by atoms with Crippen LogP contribution in [0, 0.1) is 11.3 Å². The van der Waals surface area contributed by atoms with Crippen molar-refractivity contribution in [2.75, 3.05) is 26.8 Å². The molecule has 0 fully saturated rings. The lowest BCUT2D eigenvalue weighted by Crippen LogP contribution is -2.29. The van der Waals surface area contributed by atoms with E-state index < -0.39 is 0 Å². The van der Waals surface area contributed by atoms with Gasteiger partial charge < -0.3 is 20.1 Å². The van der Waals surface area contributed by atoms with Crippen molar-refractivity contribution in [1.29, 1.82) is 5.26 Å². The summed E-state index contributed by atoms with van der Waals surface area (Å²) in [5.41, 5.74) is 1.04. The highest BCUT2D eigenvalue weighted by atomic mass is 79.9. The number of hydrogen-bond donors (Lipinski definition) is 2. The average molecular weight is 356 g/mol. The second-order valence-electron chi connectivity index (χ2n) is 4.11. The maximum Gasteiger partial charge on any atom is 0.258 e. The van der Waals surface area contributed by atoms with E-state index in [1.54, 1.807) is 7.11 Å². The van der Waals surface area contributed by atoms with Crippen molar-refractivity contribution in [2.24, 2.45) is 0 Å². The minimum atomic E-state index is -0.359. The first-order valence-corrected chi connectivity index (χ1v) is 7.25. The molecule has 21 heavy (non-hydrogen) atoms.